The third-order valence-electron chi connectivity index (χ3n) is 3.13. The first-order valence-electron chi connectivity index (χ1n) is 6.63. The van der Waals surface area contributed by atoms with Crippen LogP contribution in [-0.2, 0) is 6.54 Å². The molecule has 0 bridgehead atoms. The summed E-state index contributed by atoms with van der Waals surface area (Å²) in [6.07, 6.45) is 1.11. The number of rotatable bonds is 5. The van der Waals surface area contributed by atoms with E-state index in [2.05, 4.69) is 36.7 Å². The van der Waals surface area contributed by atoms with E-state index in [1.54, 1.807) is 11.3 Å². The van der Waals surface area contributed by atoms with Crippen LogP contribution in [0, 0.1) is 13.8 Å². The van der Waals surface area contributed by atoms with Gasteiger partial charge in [-0.2, -0.15) is 0 Å². The van der Waals surface area contributed by atoms with Crippen LogP contribution in [0.1, 0.15) is 28.9 Å². The van der Waals surface area contributed by atoms with Gasteiger partial charge < -0.3 is 10.6 Å². The van der Waals surface area contributed by atoms with Crippen molar-refractivity contribution < 1.29 is 0 Å². The molecule has 1 heterocycles. The molecule has 4 heteroatoms. The van der Waals surface area contributed by atoms with Gasteiger partial charge >= 0.3 is 0 Å². The van der Waals surface area contributed by atoms with Gasteiger partial charge in [-0.15, -0.1) is 11.3 Å². The van der Waals surface area contributed by atoms with Gasteiger partial charge in [0.2, 0.25) is 0 Å². The van der Waals surface area contributed by atoms with E-state index < -0.39 is 0 Å². The van der Waals surface area contributed by atoms with Gasteiger partial charge in [-0.1, -0.05) is 13.0 Å². The number of benzene rings is 1. The number of anilines is 2. The minimum absolute atomic E-state index is 0.810. The summed E-state index contributed by atoms with van der Waals surface area (Å²) in [4.78, 5) is 8.27. The van der Waals surface area contributed by atoms with Gasteiger partial charge in [0, 0.05) is 22.8 Å². The lowest BCUT2D eigenvalue weighted by Gasteiger charge is -2.23. The number of nitrogens with zero attached hydrogens (tertiary/aromatic N) is 2. The first kappa shape index (κ1) is 13.9. The fourth-order valence-corrected chi connectivity index (χ4v) is 3.01. The van der Waals surface area contributed by atoms with Crippen LogP contribution < -0.4 is 10.6 Å². The predicted octanol–water partition coefficient (Wildman–Crippen LogP) is 3.76. The molecule has 0 atom stereocenters. The van der Waals surface area contributed by atoms with E-state index in [1.165, 1.54) is 15.6 Å². The van der Waals surface area contributed by atoms with Crippen molar-refractivity contribution in [1.29, 1.82) is 0 Å². The number of nitrogen functional groups attached to an aromatic ring is 1. The SMILES string of the molecule is CCCN(Cc1nc(C)c(C)s1)c1cccc(N)c1. The molecule has 1 aromatic carbocycles. The maximum atomic E-state index is 5.87. The highest BCUT2D eigenvalue weighted by molar-refractivity contribution is 7.11. The molecular weight excluding hydrogens is 254 g/mol. The van der Waals surface area contributed by atoms with Crippen molar-refractivity contribution in [3.8, 4) is 0 Å². The van der Waals surface area contributed by atoms with Crippen LogP contribution in [0.4, 0.5) is 11.4 Å². The van der Waals surface area contributed by atoms with Crippen molar-refractivity contribution in [3.63, 3.8) is 0 Å². The average Bonchev–Trinajstić information content (AvgIpc) is 2.68. The maximum Gasteiger partial charge on any atom is 0.112 e. The largest absolute Gasteiger partial charge is 0.399 e. The zero-order chi connectivity index (χ0) is 13.8. The monoisotopic (exact) mass is 275 g/mol. The van der Waals surface area contributed by atoms with Crippen LogP contribution in [0.5, 0.6) is 0 Å². The van der Waals surface area contributed by atoms with Crippen LogP contribution in [0.2, 0.25) is 0 Å². The number of thiazole rings is 1. The summed E-state index contributed by atoms with van der Waals surface area (Å²) in [5.41, 5.74) is 9.00. The predicted molar refractivity (Wildman–Crippen MR) is 83.8 cm³/mol. The molecule has 2 aromatic rings. The van der Waals surface area contributed by atoms with Crippen molar-refractivity contribution >= 4 is 22.7 Å². The van der Waals surface area contributed by atoms with E-state index in [-0.39, 0.29) is 0 Å². The van der Waals surface area contributed by atoms with Crippen molar-refractivity contribution in [2.75, 3.05) is 17.2 Å². The lowest BCUT2D eigenvalue weighted by Crippen LogP contribution is -2.23. The Labute approximate surface area is 119 Å². The molecule has 3 nitrogen and oxygen atoms in total. The molecule has 0 unspecified atom stereocenters. The Bertz CT molecular complexity index is 529. The van der Waals surface area contributed by atoms with Gasteiger partial charge in [-0.05, 0) is 38.5 Å². The lowest BCUT2D eigenvalue weighted by molar-refractivity contribution is 0.763. The summed E-state index contributed by atoms with van der Waals surface area (Å²) >= 11 is 1.78. The highest BCUT2D eigenvalue weighted by Crippen LogP contribution is 2.23. The van der Waals surface area contributed by atoms with Gasteiger partial charge in [0.15, 0.2) is 0 Å². The van der Waals surface area contributed by atoms with Crippen molar-refractivity contribution in [1.82, 2.24) is 4.98 Å². The van der Waals surface area contributed by atoms with Crippen LogP contribution >= 0.6 is 11.3 Å². The smallest absolute Gasteiger partial charge is 0.112 e. The van der Waals surface area contributed by atoms with Gasteiger partial charge in [-0.25, -0.2) is 4.98 Å². The minimum atomic E-state index is 0.810. The zero-order valence-electron chi connectivity index (χ0n) is 11.8. The molecule has 0 saturated heterocycles. The number of nitrogens with two attached hydrogens (primary N) is 1. The number of aromatic nitrogens is 1. The normalized spacial score (nSPS) is 10.7. The Morgan fingerprint density at radius 2 is 2.11 bits per heavy atom. The molecule has 0 aliphatic heterocycles. The first-order valence-corrected chi connectivity index (χ1v) is 7.45. The van der Waals surface area contributed by atoms with Gasteiger partial charge in [0.1, 0.15) is 5.01 Å². The molecule has 102 valence electrons. The Morgan fingerprint density at radius 3 is 2.68 bits per heavy atom. The van der Waals surface area contributed by atoms with E-state index >= 15 is 0 Å². The van der Waals surface area contributed by atoms with Crippen molar-refractivity contribution in [2.45, 2.75) is 33.7 Å². The van der Waals surface area contributed by atoms with E-state index in [4.69, 9.17) is 5.73 Å². The highest BCUT2D eigenvalue weighted by Gasteiger charge is 2.10. The highest BCUT2D eigenvalue weighted by atomic mass is 32.1. The number of hydrogen-bond acceptors (Lipinski definition) is 4. The second kappa shape index (κ2) is 6.06. The molecule has 0 aliphatic carbocycles. The van der Waals surface area contributed by atoms with Crippen molar-refractivity contribution in [3.05, 3.63) is 39.8 Å². The standard InChI is InChI=1S/C15H21N3S/c1-4-8-18(14-7-5-6-13(16)9-14)10-15-17-11(2)12(3)19-15/h5-7,9H,4,8,10,16H2,1-3H3. The first-order chi connectivity index (χ1) is 9.10. The van der Waals surface area contributed by atoms with E-state index in [1.807, 2.05) is 18.2 Å². The van der Waals surface area contributed by atoms with Crippen LogP contribution in [-0.4, -0.2) is 11.5 Å². The molecule has 2 N–H and O–H groups in total. The molecule has 0 amide bonds. The molecule has 0 spiro atoms. The molecule has 19 heavy (non-hydrogen) atoms. The van der Waals surface area contributed by atoms with Crippen LogP contribution in [0.25, 0.3) is 0 Å². The molecule has 1 aromatic heterocycles. The fraction of sp³-hybridized carbons (Fsp3) is 0.400. The Morgan fingerprint density at radius 1 is 1.32 bits per heavy atom. The van der Waals surface area contributed by atoms with Crippen LogP contribution in [0.3, 0.4) is 0 Å². The van der Waals surface area contributed by atoms with Gasteiger partial charge in [0.25, 0.3) is 0 Å². The third kappa shape index (κ3) is 3.47. The molecule has 0 aliphatic rings. The summed E-state index contributed by atoms with van der Waals surface area (Å²) < 4.78 is 0. The lowest BCUT2D eigenvalue weighted by atomic mass is 10.2. The summed E-state index contributed by atoms with van der Waals surface area (Å²) in [6, 6.07) is 8.07. The average molecular weight is 275 g/mol. The van der Waals surface area contributed by atoms with Gasteiger partial charge in [0.05, 0.1) is 12.2 Å². The van der Waals surface area contributed by atoms with E-state index in [0.29, 0.717) is 0 Å². The Hall–Kier alpha value is -1.55. The van der Waals surface area contributed by atoms with Crippen LogP contribution in [0.15, 0.2) is 24.3 Å². The zero-order valence-corrected chi connectivity index (χ0v) is 12.6. The Kier molecular flexibility index (Phi) is 4.43. The summed E-state index contributed by atoms with van der Waals surface area (Å²) in [6.45, 7) is 8.26. The molecule has 0 radical (unpaired) electrons. The summed E-state index contributed by atoms with van der Waals surface area (Å²) in [5, 5.41) is 1.17. The fourth-order valence-electron chi connectivity index (χ4n) is 2.06. The minimum Gasteiger partial charge on any atom is -0.399 e. The van der Waals surface area contributed by atoms with E-state index in [9.17, 15) is 0 Å². The maximum absolute atomic E-state index is 5.87. The second-order valence-corrected chi connectivity index (χ2v) is 6.05. The summed E-state index contributed by atoms with van der Waals surface area (Å²) in [7, 11) is 0. The molecular formula is C15H21N3S. The van der Waals surface area contributed by atoms with Gasteiger partial charge in [-0.3, -0.25) is 0 Å². The number of hydrogen-bond donors (Lipinski definition) is 1. The summed E-state index contributed by atoms with van der Waals surface area (Å²) in [5.74, 6) is 0. The molecule has 0 saturated carbocycles. The molecule has 2 rings (SSSR count). The van der Waals surface area contributed by atoms with E-state index in [0.717, 1.165) is 30.9 Å². The topological polar surface area (TPSA) is 42.2 Å². The van der Waals surface area contributed by atoms with Crippen molar-refractivity contribution in [2.24, 2.45) is 0 Å². The number of aryl methyl sites for hydroxylation is 2. The molecule has 0 fully saturated rings. The quantitative estimate of drug-likeness (QED) is 0.845. The third-order valence-corrected chi connectivity index (χ3v) is 4.19. The second-order valence-electron chi connectivity index (χ2n) is 4.77. The Balaban J connectivity index is 2.20.